The minimum absolute atomic E-state index is 0.0541. The lowest BCUT2D eigenvalue weighted by Gasteiger charge is -2.48. The standard InChI is InChI=1S/C30H34O6/c1-14(2)8-9-16-15(3)18-12-21-29(6,7)36-30(35-21)24-17-10-11-28(4,5)34-20(17)13-19(31)22(24)27(33)23(25(18)30)26(16)32/h8,10-11,13,17,20-21,31-32H,9,12H2,1-7H3/t17?,20?,21-,30-/m1/s1. The molecule has 1 aromatic carbocycles. The average Bonchev–Trinajstić information content (AvgIpc) is 2.97. The zero-order valence-electron chi connectivity index (χ0n) is 22.0. The highest BCUT2D eigenvalue weighted by Crippen LogP contribution is 2.62. The van der Waals surface area contributed by atoms with Gasteiger partial charge in [-0.05, 0) is 72.1 Å². The molecule has 1 aromatic rings. The molecule has 1 fully saturated rings. The van der Waals surface area contributed by atoms with Gasteiger partial charge in [-0.3, -0.25) is 4.79 Å². The Kier molecular flexibility index (Phi) is 4.75. The fraction of sp³-hybridized carbons (Fsp3) is 0.500. The van der Waals surface area contributed by atoms with Crippen LogP contribution in [-0.4, -0.2) is 39.4 Å². The number of aromatic hydroxyl groups is 1. The molecule has 3 heterocycles. The van der Waals surface area contributed by atoms with Crippen LogP contribution in [0.25, 0.3) is 0 Å². The van der Waals surface area contributed by atoms with Crippen molar-refractivity contribution in [3.63, 3.8) is 0 Å². The Hall–Kier alpha value is -2.67. The van der Waals surface area contributed by atoms with E-state index in [2.05, 4.69) is 6.08 Å². The molecule has 2 unspecified atom stereocenters. The fourth-order valence-corrected chi connectivity index (χ4v) is 6.60. The molecular formula is C30H34O6. The second-order valence-electron chi connectivity index (χ2n) is 12.0. The number of benzene rings is 1. The number of rotatable bonds is 2. The topological polar surface area (TPSA) is 85.2 Å². The van der Waals surface area contributed by atoms with E-state index in [0.717, 1.165) is 22.3 Å². The summed E-state index contributed by atoms with van der Waals surface area (Å²) in [5.74, 6) is -2.36. The van der Waals surface area contributed by atoms with Crippen molar-refractivity contribution in [3.8, 4) is 5.75 Å². The number of phenolic OH excluding ortho intramolecular Hbond substituents is 1. The maximum atomic E-state index is 14.1. The van der Waals surface area contributed by atoms with Gasteiger partial charge in [-0.15, -0.1) is 0 Å². The van der Waals surface area contributed by atoms with Crippen molar-refractivity contribution in [2.75, 3.05) is 0 Å². The summed E-state index contributed by atoms with van der Waals surface area (Å²) in [4.78, 5) is 14.1. The Balaban J connectivity index is 1.68. The Morgan fingerprint density at radius 2 is 1.89 bits per heavy atom. The van der Waals surface area contributed by atoms with Crippen LogP contribution < -0.4 is 0 Å². The number of aliphatic hydroxyl groups is 1. The van der Waals surface area contributed by atoms with Crippen molar-refractivity contribution < 1.29 is 29.2 Å². The lowest BCUT2D eigenvalue weighted by atomic mass is 9.66. The lowest BCUT2D eigenvalue weighted by molar-refractivity contribution is -0.180. The van der Waals surface area contributed by atoms with Crippen molar-refractivity contribution in [1.29, 1.82) is 0 Å². The number of carbonyl (C=O) groups is 1. The molecule has 6 rings (SSSR count). The van der Waals surface area contributed by atoms with Gasteiger partial charge in [0.25, 0.3) is 0 Å². The van der Waals surface area contributed by atoms with E-state index in [1.807, 2.05) is 60.6 Å². The largest absolute Gasteiger partial charge is 0.507 e. The number of Topliss-reactive ketones (excluding diaryl/α,β-unsaturated/α-hetero) is 1. The van der Waals surface area contributed by atoms with Crippen LogP contribution in [0.1, 0.15) is 74.2 Å². The normalized spacial score (nSPS) is 32.5. The van der Waals surface area contributed by atoms with Crippen LogP contribution in [0.5, 0.6) is 5.75 Å². The van der Waals surface area contributed by atoms with Gasteiger partial charge >= 0.3 is 0 Å². The first-order valence-electron chi connectivity index (χ1n) is 12.7. The van der Waals surface area contributed by atoms with Crippen molar-refractivity contribution in [3.05, 3.63) is 74.6 Å². The highest BCUT2D eigenvalue weighted by atomic mass is 16.8. The molecule has 36 heavy (non-hydrogen) atoms. The van der Waals surface area contributed by atoms with Gasteiger partial charge < -0.3 is 24.4 Å². The molecular weight excluding hydrogens is 456 g/mol. The summed E-state index contributed by atoms with van der Waals surface area (Å²) in [6.45, 7) is 14.0. The number of allylic oxidation sites excluding steroid dienone is 3. The SMILES string of the molecule is CC(C)=CCc1c(C)c2c3c(c1O)C(=O)C1=C(C4C=CC(C)(C)OC4C=C1O)[C@]31O[C@H](C2)C(C)(C)O1. The zero-order chi connectivity index (χ0) is 25.9. The molecule has 0 saturated carbocycles. The number of fused-ring (bicyclic) bond motifs is 3. The number of ether oxygens (including phenoxy) is 3. The molecule has 2 bridgehead atoms. The molecule has 3 aliphatic heterocycles. The van der Waals surface area contributed by atoms with Gasteiger partial charge in [0, 0.05) is 29.0 Å². The lowest BCUT2D eigenvalue weighted by Crippen LogP contribution is -2.50. The highest BCUT2D eigenvalue weighted by molar-refractivity contribution is 6.17. The summed E-state index contributed by atoms with van der Waals surface area (Å²) in [7, 11) is 0. The van der Waals surface area contributed by atoms with Crippen LogP contribution in [0.4, 0.5) is 0 Å². The van der Waals surface area contributed by atoms with E-state index in [-0.39, 0.29) is 34.7 Å². The maximum absolute atomic E-state index is 14.1. The molecule has 6 heteroatoms. The predicted octanol–water partition coefficient (Wildman–Crippen LogP) is 5.41. The first-order valence-corrected chi connectivity index (χ1v) is 12.7. The Labute approximate surface area is 211 Å². The second kappa shape index (κ2) is 7.21. The Morgan fingerprint density at radius 3 is 2.58 bits per heavy atom. The molecule has 0 radical (unpaired) electrons. The number of hydrogen-bond acceptors (Lipinski definition) is 6. The summed E-state index contributed by atoms with van der Waals surface area (Å²) in [5, 5.41) is 22.8. The number of aliphatic hydroxyl groups excluding tert-OH is 1. The van der Waals surface area contributed by atoms with E-state index in [1.54, 1.807) is 6.08 Å². The van der Waals surface area contributed by atoms with Crippen molar-refractivity contribution in [2.24, 2.45) is 5.92 Å². The van der Waals surface area contributed by atoms with E-state index < -0.39 is 28.9 Å². The quantitative estimate of drug-likeness (QED) is 0.539. The van der Waals surface area contributed by atoms with Gasteiger partial charge in [-0.25, -0.2) is 0 Å². The third kappa shape index (κ3) is 2.98. The molecule has 4 atom stereocenters. The van der Waals surface area contributed by atoms with Crippen LogP contribution in [0, 0.1) is 12.8 Å². The zero-order valence-corrected chi connectivity index (χ0v) is 22.0. The number of phenols is 1. The van der Waals surface area contributed by atoms with Gasteiger partial charge in [-0.2, -0.15) is 0 Å². The second-order valence-corrected chi connectivity index (χ2v) is 12.0. The highest BCUT2D eigenvalue weighted by Gasteiger charge is 2.66. The molecule has 2 N–H and O–H groups in total. The van der Waals surface area contributed by atoms with Gasteiger partial charge in [-0.1, -0.05) is 23.8 Å². The minimum atomic E-state index is -1.39. The number of ketones is 1. The van der Waals surface area contributed by atoms with E-state index in [9.17, 15) is 15.0 Å². The van der Waals surface area contributed by atoms with E-state index in [1.165, 1.54) is 0 Å². The molecule has 1 spiro atoms. The third-order valence-electron chi connectivity index (χ3n) is 8.39. The Bertz CT molecular complexity index is 1350. The summed E-state index contributed by atoms with van der Waals surface area (Å²) in [6, 6.07) is 0. The first-order chi connectivity index (χ1) is 16.8. The molecule has 6 nitrogen and oxygen atoms in total. The summed E-state index contributed by atoms with van der Waals surface area (Å²) in [6.07, 6.45) is 8.04. The molecule has 1 saturated heterocycles. The van der Waals surface area contributed by atoms with Crippen molar-refractivity contribution in [1.82, 2.24) is 0 Å². The van der Waals surface area contributed by atoms with Crippen LogP contribution in [0.3, 0.4) is 0 Å². The average molecular weight is 491 g/mol. The Morgan fingerprint density at radius 1 is 1.17 bits per heavy atom. The molecule has 190 valence electrons. The predicted molar refractivity (Wildman–Crippen MR) is 135 cm³/mol. The van der Waals surface area contributed by atoms with Gasteiger partial charge in [0.1, 0.15) is 11.5 Å². The summed E-state index contributed by atoms with van der Waals surface area (Å²) < 4.78 is 19.8. The minimum Gasteiger partial charge on any atom is -0.507 e. The van der Waals surface area contributed by atoms with Gasteiger partial charge in [0.05, 0.1) is 34.5 Å². The van der Waals surface area contributed by atoms with Crippen LogP contribution in [0.2, 0.25) is 0 Å². The third-order valence-corrected chi connectivity index (χ3v) is 8.39. The molecule has 2 aliphatic carbocycles. The maximum Gasteiger partial charge on any atom is 0.222 e. The van der Waals surface area contributed by atoms with Crippen LogP contribution >= 0.6 is 0 Å². The van der Waals surface area contributed by atoms with Gasteiger partial charge in [0.15, 0.2) is 0 Å². The van der Waals surface area contributed by atoms with E-state index >= 15 is 0 Å². The summed E-state index contributed by atoms with van der Waals surface area (Å²) in [5.41, 5.74) is 4.15. The summed E-state index contributed by atoms with van der Waals surface area (Å²) >= 11 is 0. The van der Waals surface area contributed by atoms with E-state index in [0.29, 0.717) is 24.0 Å². The van der Waals surface area contributed by atoms with Gasteiger partial charge in [0.2, 0.25) is 11.6 Å². The van der Waals surface area contributed by atoms with Crippen molar-refractivity contribution in [2.45, 2.75) is 90.5 Å². The number of carbonyl (C=O) groups excluding carboxylic acids is 1. The van der Waals surface area contributed by atoms with Crippen LogP contribution in [0.15, 0.2) is 46.8 Å². The molecule has 0 aromatic heterocycles. The molecule has 5 aliphatic rings. The fourth-order valence-electron chi connectivity index (χ4n) is 6.60. The monoisotopic (exact) mass is 490 g/mol. The molecule has 0 amide bonds. The van der Waals surface area contributed by atoms with Crippen LogP contribution in [-0.2, 0) is 32.8 Å². The van der Waals surface area contributed by atoms with Crippen molar-refractivity contribution >= 4 is 5.78 Å². The first kappa shape index (κ1) is 23.7. The smallest absolute Gasteiger partial charge is 0.222 e. The van der Waals surface area contributed by atoms with E-state index in [4.69, 9.17) is 14.2 Å². The number of hydrogen-bond donors (Lipinski definition) is 2.